The minimum atomic E-state index is -0.292. The smallest absolute Gasteiger partial charge is 0.242 e. The van der Waals surface area contributed by atoms with E-state index in [0.717, 1.165) is 31.6 Å². The third kappa shape index (κ3) is 3.36. The standard InChI is InChI=1S/C17H25N5O2/c1-12-5-6-21(14(9-12)17(18)24)13-3-4-15(19-10-13)22-8-7-20(2)11-16(22)23/h3-4,10,12,14H,5-9,11H2,1-2H3,(H2,18,24). The summed E-state index contributed by atoms with van der Waals surface area (Å²) in [6.07, 6.45) is 3.55. The molecule has 2 aliphatic rings. The second kappa shape index (κ2) is 6.76. The van der Waals surface area contributed by atoms with Crippen molar-refractivity contribution in [3.8, 4) is 0 Å². The number of hydrogen-bond donors (Lipinski definition) is 1. The van der Waals surface area contributed by atoms with Crippen molar-refractivity contribution >= 4 is 23.3 Å². The number of pyridine rings is 1. The van der Waals surface area contributed by atoms with Gasteiger partial charge in [0.2, 0.25) is 11.8 Å². The van der Waals surface area contributed by atoms with Crippen molar-refractivity contribution in [3.63, 3.8) is 0 Å². The van der Waals surface area contributed by atoms with Crippen LogP contribution in [0.2, 0.25) is 0 Å². The number of anilines is 2. The van der Waals surface area contributed by atoms with Gasteiger partial charge in [0, 0.05) is 19.6 Å². The van der Waals surface area contributed by atoms with Crippen LogP contribution in [0.15, 0.2) is 18.3 Å². The summed E-state index contributed by atoms with van der Waals surface area (Å²) in [4.78, 5) is 34.1. The number of aromatic nitrogens is 1. The van der Waals surface area contributed by atoms with Gasteiger partial charge in [-0.25, -0.2) is 4.98 Å². The number of piperazine rings is 1. The highest BCUT2D eigenvalue weighted by atomic mass is 16.2. The van der Waals surface area contributed by atoms with Gasteiger partial charge in [-0.1, -0.05) is 6.92 Å². The molecule has 3 rings (SSSR count). The van der Waals surface area contributed by atoms with E-state index < -0.39 is 0 Å². The molecule has 2 amide bonds. The van der Waals surface area contributed by atoms with Crippen LogP contribution in [-0.4, -0.2) is 61.0 Å². The van der Waals surface area contributed by atoms with Crippen LogP contribution < -0.4 is 15.5 Å². The number of primary amides is 1. The summed E-state index contributed by atoms with van der Waals surface area (Å²) in [6.45, 7) is 4.84. The van der Waals surface area contributed by atoms with Crippen molar-refractivity contribution in [1.82, 2.24) is 9.88 Å². The molecule has 2 aliphatic heterocycles. The van der Waals surface area contributed by atoms with E-state index in [4.69, 9.17) is 5.73 Å². The molecular formula is C17H25N5O2. The zero-order chi connectivity index (χ0) is 17.3. The minimum Gasteiger partial charge on any atom is -0.368 e. The fourth-order valence-corrected chi connectivity index (χ4v) is 3.46. The van der Waals surface area contributed by atoms with Crippen LogP contribution in [0.4, 0.5) is 11.5 Å². The molecule has 0 saturated carbocycles. The maximum absolute atomic E-state index is 12.1. The average Bonchev–Trinajstić information content (AvgIpc) is 2.55. The molecule has 24 heavy (non-hydrogen) atoms. The number of amides is 2. The Labute approximate surface area is 142 Å². The third-order valence-electron chi connectivity index (χ3n) is 4.95. The molecule has 3 heterocycles. The van der Waals surface area contributed by atoms with Gasteiger partial charge in [0.15, 0.2) is 0 Å². The molecule has 0 aliphatic carbocycles. The summed E-state index contributed by atoms with van der Waals surface area (Å²) in [6, 6.07) is 3.50. The Bertz CT molecular complexity index is 618. The molecule has 0 bridgehead atoms. The number of carbonyl (C=O) groups excluding carboxylic acids is 2. The summed E-state index contributed by atoms with van der Waals surface area (Å²) in [5, 5.41) is 0. The van der Waals surface area contributed by atoms with E-state index >= 15 is 0 Å². The summed E-state index contributed by atoms with van der Waals surface area (Å²) in [5.74, 6) is 0.928. The van der Waals surface area contributed by atoms with Crippen LogP contribution >= 0.6 is 0 Å². The largest absolute Gasteiger partial charge is 0.368 e. The quantitative estimate of drug-likeness (QED) is 0.869. The molecule has 1 aromatic heterocycles. The predicted molar refractivity (Wildman–Crippen MR) is 92.8 cm³/mol. The molecule has 2 unspecified atom stereocenters. The van der Waals surface area contributed by atoms with Gasteiger partial charge < -0.3 is 10.6 Å². The summed E-state index contributed by atoms with van der Waals surface area (Å²) >= 11 is 0. The normalized spacial score (nSPS) is 25.8. The Morgan fingerprint density at radius 2 is 2.08 bits per heavy atom. The van der Waals surface area contributed by atoms with Crippen molar-refractivity contribution in [3.05, 3.63) is 18.3 Å². The molecule has 2 atom stereocenters. The highest BCUT2D eigenvalue weighted by Gasteiger charge is 2.31. The maximum atomic E-state index is 12.1. The maximum Gasteiger partial charge on any atom is 0.242 e. The number of rotatable bonds is 3. The highest BCUT2D eigenvalue weighted by molar-refractivity contribution is 5.94. The lowest BCUT2D eigenvalue weighted by atomic mass is 9.91. The SMILES string of the molecule is CC1CCN(c2ccc(N3CCN(C)CC3=O)nc2)C(C(N)=O)C1. The van der Waals surface area contributed by atoms with Crippen LogP contribution in [0.3, 0.4) is 0 Å². The van der Waals surface area contributed by atoms with E-state index in [2.05, 4.69) is 11.9 Å². The number of piperidine rings is 1. The van der Waals surface area contributed by atoms with Crippen LogP contribution in [0.25, 0.3) is 0 Å². The Morgan fingerprint density at radius 3 is 2.71 bits per heavy atom. The lowest BCUT2D eigenvalue weighted by Gasteiger charge is -2.38. The molecule has 1 aromatic rings. The summed E-state index contributed by atoms with van der Waals surface area (Å²) < 4.78 is 0. The Hall–Kier alpha value is -2.15. The van der Waals surface area contributed by atoms with Crippen molar-refractivity contribution in [1.29, 1.82) is 0 Å². The average molecular weight is 331 g/mol. The van der Waals surface area contributed by atoms with E-state index in [1.54, 1.807) is 11.1 Å². The summed E-state index contributed by atoms with van der Waals surface area (Å²) in [7, 11) is 1.94. The first-order valence-electron chi connectivity index (χ1n) is 8.46. The number of likely N-dealkylation sites (N-methyl/N-ethyl adjacent to an activating group) is 1. The van der Waals surface area contributed by atoms with Crippen molar-refractivity contribution in [2.45, 2.75) is 25.8 Å². The van der Waals surface area contributed by atoms with E-state index in [1.165, 1.54) is 0 Å². The molecular weight excluding hydrogens is 306 g/mol. The lowest BCUT2D eigenvalue weighted by molar-refractivity contribution is -0.121. The zero-order valence-corrected chi connectivity index (χ0v) is 14.3. The number of carbonyl (C=O) groups is 2. The predicted octanol–water partition coefficient (Wildman–Crippen LogP) is 0.450. The topological polar surface area (TPSA) is 82.8 Å². The van der Waals surface area contributed by atoms with Gasteiger partial charge >= 0.3 is 0 Å². The molecule has 2 N–H and O–H groups in total. The molecule has 7 nitrogen and oxygen atoms in total. The fourth-order valence-electron chi connectivity index (χ4n) is 3.46. The third-order valence-corrected chi connectivity index (χ3v) is 4.95. The number of nitrogens with two attached hydrogens (primary N) is 1. The zero-order valence-electron chi connectivity index (χ0n) is 14.3. The first kappa shape index (κ1) is 16.7. The van der Waals surface area contributed by atoms with Gasteiger partial charge in [-0.2, -0.15) is 0 Å². The fraction of sp³-hybridized carbons (Fsp3) is 0.588. The Balaban J connectivity index is 1.76. The Kier molecular flexibility index (Phi) is 4.71. The molecule has 0 aromatic carbocycles. The van der Waals surface area contributed by atoms with Gasteiger partial charge in [0.25, 0.3) is 0 Å². The van der Waals surface area contributed by atoms with Gasteiger partial charge in [-0.3, -0.25) is 19.4 Å². The van der Waals surface area contributed by atoms with E-state index in [0.29, 0.717) is 24.8 Å². The van der Waals surface area contributed by atoms with Crippen LogP contribution in [0.1, 0.15) is 19.8 Å². The molecule has 2 fully saturated rings. The van der Waals surface area contributed by atoms with E-state index in [9.17, 15) is 9.59 Å². The van der Waals surface area contributed by atoms with Gasteiger partial charge in [-0.05, 0) is 37.9 Å². The Morgan fingerprint density at radius 1 is 1.29 bits per heavy atom. The van der Waals surface area contributed by atoms with Crippen LogP contribution in [0, 0.1) is 5.92 Å². The van der Waals surface area contributed by atoms with Gasteiger partial charge in [0.05, 0.1) is 18.4 Å². The first-order valence-corrected chi connectivity index (χ1v) is 8.46. The molecule has 2 saturated heterocycles. The second-order valence-electron chi connectivity index (χ2n) is 6.90. The van der Waals surface area contributed by atoms with Crippen LogP contribution in [-0.2, 0) is 9.59 Å². The van der Waals surface area contributed by atoms with Gasteiger partial charge in [-0.15, -0.1) is 0 Å². The van der Waals surface area contributed by atoms with Crippen molar-refractivity contribution in [2.24, 2.45) is 11.7 Å². The van der Waals surface area contributed by atoms with Gasteiger partial charge in [0.1, 0.15) is 11.9 Å². The van der Waals surface area contributed by atoms with E-state index in [-0.39, 0.29) is 17.9 Å². The molecule has 0 spiro atoms. The van der Waals surface area contributed by atoms with Crippen molar-refractivity contribution < 1.29 is 9.59 Å². The molecule has 7 heteroatoms. The molecule has 130 valence electrons. The minimum absolute atomic E-state index is 0.0609. The number of hydrogen-bond acceptors (Lipinski definition) is 5. The van der Waals surface area contributed by atoms with Crippen molar-refractivity contribution in [2.75, 3.05) is 43.0 Å². The lowest BCUT2D eigenvalue weighted by Crippen LogP contribution is -2.50. The molecule has 0 radical (unpaired) electrons. The summed E-state index contributed by atoms with van der Waals surface area (Å²) in [5.41, 5.74) is 6.46. The monoisotopic (exact) mass is 331 g/mol. The first-order chi connectivity index (χ1) is 11.5. The highest BCUT2D eigenvalue weighted by Crippen LogP contribution is 2.28. The van der Waals surface area contributed by atoms with Crippen LogP contribution in [0.5, 0.6) is 0 Å². The second-order valence-corrected chi connectivity index (χ2v) is 6.90. The number of nitrogens with zero attached hydrogens (tertiary/aromatic N) is 4. The van der Waals surface area contributed by atoms with E-state index in [1.807, 2.05) is 29.0 Å².